The molecule has 0 bridgehead atoms. The zero-order valence-corrected chi connectivity index (χ0v) is 15.5. The van der Waals surface area contributed by atoms with Crippen LogP contribution in [0.2, 0.25) is 0 Å². The molecular weight excluding hydrogens is 370 g/mol. The van der Waals surface area contributed by atoms with Gasteiger partial charge in [-0.15, -0.1) is 0 Å². The SMILES string of the molecule is Cc1cccc(Oc2ccccc2NC(=O)c2ccc3[nH]c(=O)c(=O)[nH]c3c2)c1. The zero-order chi connectivity index (χ0) is 20.4. The molecule has 0 atom stereocenters. The molecule has 144 valence electrons. The fourth-order valence-corrected chi connectivity index (χ4v) is 2.92. The summed E-state index contributed by atoms with van der Waals surface area (Å²) in [5.74, 6) is 0.795. The number of anilines is 1. The molecule has 29 heavy (non-hydrogen) atoms. The number of carbonyl (C=O) groups excluding carboxylic acids is 1. The average Bonchev–Trinajstić information content (AvgIpc) is 2.70. The van der Waals surface area contributed by atoms with Gasteiger partial charge in [-0.1, -0.05) is 24.3 Å². The van der Waals surface area contributed by atoms with Gasteiger partial charge in [-0.2, -0.15) is 0 Å². The Bertz CT molecular complexity index is 1340. The summed E-state index contributed by atoms with van der Waals surface area (Å²) in [7, 11) is 0. The minimum absolute atomic E-state index is 0.325. The molecule has 1 aromatic heterocycles. The van der Waals surface area contributed by atoms with Crippen molar-refractivity contribution in [3.05, 3.63) is 98.6 Å². The number of aryl methyl sites for hydroxylation is 1. The van der Waals surface area contributed by atoms with E-state index < -0.39 is 11.1 Å². The highest BCUT2D eigenvalue weighted by Gasteiger charge is 2.12. The van der Waals surface area contributed by atoms with E-state index in [-0.39, 0.29) is 5.91 Å². The van der Waals surface area contributed by atoms with E-state index >= 15 is 0 Å². The van der Waals surface area contributed by atoms with Crippen molar-refractivity contribution in [3.8, 4) is 11.5 Å². The van der Waals surface area contributed by atoms with Crippen LogP contribution >= 0.6 is 0 Å². The molecule has 7 heteroatoms. The number of H-pyrrole nitrogens is 2. The lowest BCUT2D eigenvalue weighted by Gasteiger charge is -2.13. The summed E-state index contributed by atoms with van der Waals surface area (Å²) < 4.78 is 5.92. The van der Waals surface area contributed by atoms with Gasteiger partial charge in [0.25, 0.3) is 5.91 Å². The van der Waals surface area contributed by atoms with Gasteiger partial charge in [0, 0.05) is 5.56 Å². The molecule has 3 N–H and O–H groups in total. The first-order chi connectivity index (χ1) is 14.0. The van der Waals surface area contributed by atoms with Crippen LogP contribution in [0.25, 0.3) is 11.0 Å². The summed E-state index contributed by atoms with van der Waals surface area (Å²) in [6.45, 7) is 1.97. The van der Waals surface area contributed by atoms with Crippen LogP contribution in [-0.4, -0.2) is 15.9 Å². The number of para-hydroxylation sites is 2. The van der Waals surface area contributed by atoms with Crippen molar-refractivity contribution in [1.82, 2.24) is 9.97 Å². The normalized spacial score (nSPS) is 10.7. The maximum absolute atomic E-state index is 12.7. The minimum atomic E-state index is -0.771. The van der Waals surface area contributed by atoms with Gasteiger partial charge >= 0.3 is 11.1 Å². The van der Waals surface area contributed by atoms with E-state index in [0.717, 1.165) is 5.56 Å². The molecule has 0 radical (unpaired) electrons. The highest BCUT2D eigenvalue weighted by atomic mass is 16.5. The van der Waals surface area contributed by atoms with E-state index in [4.69, 9.17) is 4.74 Å². The van der Waals surface area contributed by atoms with Crippen molar-refractivity contribution >= 4 is 22.6 Å². The molecule has 4 aromatic rings. The summed E-state index contributed by atoms with van der Waals surface area (Å²) in [5.41, 5.74) is 1.19. The Hall–Kier alpha value is -4.13. The number of fused-ring (bicyclic) bond motifs is 1. The van der Waals surface area contributed by atoms with E-state index in [1.807, 2.05) is 37.3 Å². The smallest absolute Gasteiger partial charge is 0.314 e. The second kappa shape index (κ2) is 7.47. The molecule has 0 fully saturated rings. The van der Waals surface area contributed by atoms with Gasteiger partial charge < -0.3 is 20.0 Å². The van der Waals surface area contributed by atoms with Gasteiger partial charge in [0.1, 0.15) is 5.75 Å². The fourth-order valence-electron chi connectivity index (χ4n) is 2.92. The molecule has 0 aliphatic rings. The van der Waals surface area contributed by atoms with Crippen molar-refractivity contribution in [2.45, 2.75) is 6.92 Å². The second-order valence-electron chi connectivity index (χ2n) is 6.54. The Kier molecular flexibility index (Phi) is 4.70. The summed E-state index contributed by atoms with van der Waals surface area (Å²) in [5, 5.41) is 2.82. The van der Waals surface area contributed by atoms with E-state index in [1.165, 1.54) is 6.07 Å². The molecule has 7 nitrogen and oxygen atoms in total. The summed E-state index contributed by atoms with van der Waals surface area (Å²) >= 11 is 0. The number of carbonyl (C=O) groups is 1. The van der Waals surface area contributed by atoms with Crippen LogP contribution in [0.15, 0.2) is 76.3 Å². The topological polar surface area (TPSA) is 104 Å². The highest BCUT2D eigenvalue weighted by Crippen LogP contribution is 2.30. The molecule has 3 aromatic carbocycles. The monoisotopic (exact) mass is 387 g/mol. The predicted molar refractivity (Wildman–Crippen MR) is 111 cm³/mol. The van der Waals surface area contributed by atoms with Crippen molar-refractivity contribution in [2.75, 3.05) is 5.32 Å². The number of ether oxygens (including phenoxy) is 1. The van der Waals surface area contributed by atoms with Crippen molar-refractivity contribution in [3.63, 3.8) is 0 Å². The summed E-state index contributed by atoms with van der Waals surface area (Å²) in [6, 6.07) is 19.4. The Morgan fingerprint density at radius 1 is 0.862 bits per heavy atom. The van der Waals surface area contributed by atoms with Crippen molar-refractivity contribution < 1.29 is 9.53 Å². The number of amides is 1. The van der Waals surface area contributed by atoms with Crippen LogP contribution < -0.4 is 21.2 Å². The molecule has 1 heterocycles. The molecule has 0 aliphatic heterocycles. The van der Waals surface area contributed by atoms with Gasteiger partial charge in [-0.25, -0.2) is 0 Å². The first-order valence-electron chi connectivity index (χ1n) is 8.91. The highest BCUT2D eigenvalue weighted by molar-refractivity contribution is 6.06. The van der Waals surface area contributed by atoms with Crippen LogP contribution in [0.1, 0.15) is 15.9 Å². The number of aromatic amines is 2. The van der Waals surface area contributed by atoms with Gasteiger partial charge in [0.05, 0.1) is 16.7 Å². The largest absolute Gasteiger partial charge is 0.455 e. The van der Waals surface area contributed by atoms with Crippen molar-refractivity contribution in [2.24, 2.45) is 0 Å². The zero-order valence-electron chi connectivity index (χ0n) is 15.5. The Morgan fingerprint density at radius 2 is 1.62 bits per heavy atom. The number of hydrogen-bond donors (Lipinski definition) is 3. The van der Waals surface area contributed by atoms with Gasteiger partial charge in [0.2, 0.25) is 0 Å². The third-order valence-corrected chi connectivity index (χ3v) is 4.34. The molecule has 0 spiro atoms. The first-order valence-corrected chi connectivity index (χ1v) is 8.91. The lowest BCUT2D eigenvalue weighted by atomic mass is 10.1. The third kappa shape index (κ3) is 3.93. The van der Waals surface area contributed by atoms with Crippen molar-refractivity contribution in [1.29, 1.82) is 0 Å². The quantitative estimate of drug-likeness (QED) is 0.466. The second-order valence-corrected chi connectivity index (χ2v) is 6.54. The maximum Gasteiger partial charge on any atom is 0.314 e. The van der Waals surface area contributed by atoms with Gasteiger partial charge in [-0.3, -0.25) is 14.4 Å². The van der Waals surface area contributed by atoms with Gasteiger partial charge in [-0.05, 0) is 55.0 Å². The minimum Gasteiger partial charge on any atom is -0.455 e. The molecule has 0 saturated heterocycles. The van der Waals surface area contributed by atoms with Crippen LogP contribution in [0, 0.1) is 6.92 Å². The molecule has 0 aliphatic carbocycles. The molecule has 0 unspecified atom stereocenters. The molecule has 1 amide bonds. The van der Waals surface area contributed by atoms with E-state index in [0.29, 0.717) is 33.8 Å². The third-order valence-electron chi connectivity index (χ3n) is 4.34. The Balaban J connectivity index is 1.62. The van der Waals surface area contributed by atoms with E-state index in [2.05, 4.69) is 15.3 Å². The first kappa shape index (κ1) is 18.2. The molecular formula is C22H17N3O4. The fraction of sp³-hybridized carbons (Fsp3) is 0.0455. The van der Waals surface area contributed by atoms with Crippen LogP contribution in [0.3, 0.4) is 0 Å². The number of nitrogens with one attached hydrogen (secondary N) is 3. The molecule has 4 rings (SSSR count). The number of aromatic nitrogens is 2. The molecule has 0 saturated carbocycles. The van der Waals surface area contributed by atoms with Crippen LogP contribution in [0.5, 0.6) is 11.5 Å². The van der Waals surface area contributed by atoms with Crippen LogP contribution in [-0.2, 0) is 0 Å². The summed E-state index contributed by atoms with van der Waals surface area (Å²) in [4.78, 5) is 40.6. The number of rotatable bonds is 4. The average molecular weight is 387 g/mol. The standard InChI is InChI=1S/C22H17N3O4/c1-13-5-4-6-15(11-13)29-19-8-3-2-7-17(19)24-20(26)14-9-10-16-18(12-14)25-22(28)21(27)23-16/h2-12H,1H3,(H,23,27)(H,24,26)(H,25,28). The lowest BCUT2D eigenvalue weighted by molar-refractivity contribution is 0.102. The van der Waals surface area contributed by atoms with Crippen LogP contribution in [0.4, 0.5) is 5.69 Å². The lowest BCUT2D eigenvalue weighted by Crippen LogP contribution is -2.29. The maximum atomic E-state index is 12.7. The van der Waals surface area contributed by atoms with E-state index in [9.17, 15) is 14.4 Å². The number of hydrogen-bond acceptors (Lipinski definition) is 4. The van der Waals surface area contributed by atoms with Gasteiger partial charge in [0.15, 0.2) is 5.75 Å². The number of benzene rings is 3. The Morgan fingerprint density at radius 3 is 2.41 bits per heavy atom. The Labute approximate surface area is 165 Å². The summed E-state index contributed by atoms with van der Waals surface area (Å²) in [6.07, 6.45) is 0. The van der Waals surface area contributed by atoms with E-state index in [1.54, 1.807) is 30.3 Å². The predicted octanol–water partition coefficient (Wildman–Crippen LogP) is 3.57.